The van der Waals surface area contributed by atoms with E-state index in [2.05, 4.69) is 11.1 Å². The number of aromatic nitrogens is 1. The van der Waals surface area contributed by atoms with Gasteiger partial charge < -0.3 is 9.80 Å². The van der Waals surface area contributed by atoms with E-state index >= 15 is 0 Å². The topological polar surface area (TPSA) is 53.5 Å². The molecule has 1 aromatic heterocycles. The predicted molar refractivity (Wildman–Crippen MR) is 91.4 cm³/mol. The standard InChI is InChI=1S/C17H21N3O2S/c1-13(21)19-9-4-10-20(12-11-19)17(22)8-7-16-18-14-5-2-3-6-15(14)23-16/h2-3,5-6H,4,7-12H2,1H3. The summed E-state index contributed by atoms with van der Waals surface area (Å²) in [6.07, 6.45) is 2.03. The van der Waals surface area contributed by atoms with Gasteiger partial charge in [0.05, 0.1) is 15.2 Å². The van der Waals surface area contributed by atoms with Crippen molar-refractivity contribution in [1.29, 1.82) is 0 Å². The number of thiazole rings is 1. The number of carbonyl (C=O) groups is 2. The van der Waals surface area contributed by atoms with E-state index in [0.29, 0.717) is 25.9 Å². The lowest BCUT2D eigenvalue weighted by Gasteiger charge is -2.21. The number of amides is 2. The maximum absolute atomic E-state index is 12.4. The van der Waals surface area contributed by atoms with Crippen molar-refractivity contribution in [3.8, 4) is 0 Å². The number of fused-ring (bicyclic) bond motifs is 1. The average molecular weight is 331 g/mol. The van der Waals surface area contributed by atoms with E-state index in [1.165, 1.54) is 4.70 Å². The van der Waals surface area contributed by atoms with E-state index in [0.717, 1.165) is 30.0 Å². The minimum atomic E-state index is 0.0915. The Bertz CT molecular complexity index is 680. The zero-order chi connectivity index (χ0) is 16.2. The van der Waals surface area contributed by atoms with Gasteiger partial charge in [0.25, 0.3) is 0 Å². The minimum Gasteiger partial charge on any atom is -0.341 e. The molecule has 122 valence electrons. The van der Waals surface area contributed by atoms with Gasteiger partial charge in [-0.1, -0.05) is 12.1 Å². The molecule has 2 heterocycles. The molecule has 1 fully saturated rings. The van der Waals surface area contributed by atoms with E-state index in [1.54, 1.807) is 18.3 Å². The van der Waals surface area contributed by atoms with E-state index in [-0.39, 0.29) is 11.8 Å². The molecule has 6 heteroatoms. The van der Waals surface area contributed by atoms with Crippen molar-refractivity contribution in [2.75, 3.05) is 26.2 Å². The molecule has 1 saturated heterocycles. The molecule has 0 radical (unpaired) electrons. The summed E-state index contributed by atoms with van der Waals surface area (Å²) in [7, 11) is 0. The summed E-state index contributed by atoms with van der Waals surface area (Å²) in [5.74, 6) is 0.253. The molecule has 0 atom stereocenters. The van der Waals surface area contributed by atoms with Crippen LogP contribution < -0.4 is 0 Å². The third-order valence-electron chi connectivity index (χ3n) is 4.18. The third kappa shape index (κ3) is 3.88. The first-order valence-corrected chi connectivity index (χ1v) is 8.83. The summed E-state index contributed by atoms with van der Waals surface area (Å²) < 4.78 is 1.17. The normalized spacial score (nSPS) is 15.7. The highest BCUT2D eigenvalue weighted by atomic mass is 32.1. The van der Waals surface area contributed by atoms with Crippen molar-refractivity contribution in [3.63, 3.8) is 0 Å². The predicted octanol–water partition coefficient (Wildman–Crippen LogP) is 2.31. The van der Waals surface area contributed by atoms with Crippen molar-refractivity contribution >= 4 is 33.4 Å². The number of para-hydroxylation sites is 1. The smallest absolute Gasteiger partial charge is 0.223 e. The Morgan fingerprint density at radius 2 is 1.87 bits per heavy atom. The number of hydrogen-bond acceptors (Lipinski definition) is 4. The van der Waals surface area contributed by atoms with E-state index in [4.69, 9.17) is 0 Å². The van der Waals surface area contributed by atoms with Crippen LogP contribution in [-0.2, 0) is 16.0 Å². The van der Waals surface area contributed by atoms with Crippen LogP contribution in [0.1, 0.15) is 24.8 Å². The maximum Gasteiger partial charge on any atom is 0.223 e. The number of benzene rings is 1. The molecule has 5 nitrogen and oxygen atoms in total. The van der Waals surface area contributed by atoms with Gasteiger partial charge >= 0.3 is 0 Å². The molecule has 23 heavy (non-hydrogen) atoms. The van der Waals surface area contributed by atoms with Gasteiger partial charge in [0.2, 0.25) is 11.8 Å². The van der Waals surface area contributed by atoms with Crippen molar-refractivity contribution in [2.45, 2.75) is 26.2 Å². The summed E-state index contributed by atoms with van der Waals surface area (Å²) in [5, 5.41) is 1.01. The highest BCUT2D eigenvalue weighted by molar-refractivity contribution is 7.18. The van der Waals surface area contributed by atoms with Crippen molar-refractivity contribution in [3.05, 3.63) is 29.3 Å². The fourth-order valence-corrected chi connectivity index (χ4v) is 3.85. The van der Waals surface area contributed by atoms with Crippen LogP contribution in [0.3, 0.4) is 0 Å². The van der Waals surface area contributed by atoms with Crippen molar-refractivity contribution in [2.24, 2.45) is 0 Å². The molecule has 1 aliphatic rings. The van der Waals surface area contributed by atoms with Gasteiger partial charge in [-0.25, -0.2) is 4.98 Å². The lowest BCUT2D eigenvalue weighted by atomic mass is 10.2. The summed E-state index contributed by atoms with van der Waals surface area (Å²) in [4.78, 5) is 32.1. The molecule has 2 amide bonds. The Morgan fingerprint density at radius 3 is 2.65 bits per heavy atom. The Hall–Kier alpha value is -1.95. The fourth-order valence-electron chi connectivity index (χ4n) is 2.88. The molecule has 0 N–H and O–H groups in total. The van der Waals surface area contributed by atoms with Gasteiger partial charge in [-0.15, -0.1) is 11.3 Å². The molecule has 1 aromatic carbocycles. The largest absolute Gasteiger partial charge is 0.341 e. The van der Waals surface area contributed by atoms with Crippen molar-refractivity contribution < 1.29 is 9.59 Å². The second-order valence-electron chi connectivity index (χ2n) is 5.82. The fraction of sp³-hybridized carbons (Fsp3) is 0.471. The van der Waals surface area contributed by atoms with Crippen LogP contribution in [0.2, 0.25) is 0 Å². The van der Waals surface area contributed by atoms with Gasteiger partial charge in [-0.2, -0.15) is 0 Å². The first-order valence-electron chi connectivity index (χ1n) is 8.01. The van der Waals surface area contributed by atoms with Crippen LogP contribution in [-0.4, -0.2) is 52.8 Å². The highest BCUT2D eigenvalue weighted by Gasteiger charge is 2.20. The molecule has 1 aliphatic heterocycles. The van der Waals surface area contributed by atoms with Crippen molar-refractivity contribution in [1.82, 2.24) is 14.8 Å². The SMILES string of the molecule is CC(=O)N1CCCN(C(=O)CCc2nc3ccccc3s2)CC1. The van der Waals surface area contributed by atoms with Gasteiger partial charge in [-0.05, 0) is 18.6 Å². The average Bonchev–Trinajstić information content (AvgIpc) is 2.79. The zero-order valence-corrected chi connectivity index (χ0v) is 14.1. The molecule has 2 aromatic rings. The summed E-state index contributed by atoms with van der Waals surface area (Å²) in [6.45, 7) is 4.35. The Balaban J connectivity index is 1.55. The zero-order valence-electron chi connectivity index (χ0n) is 13.3. The van der Waals surface area contributed by atoms with Gasteiger partial charge in [-0.3, -0.25) is 9.59 Å². The van der Waals surface area contributed by atoms with Crippen LogP contribution in [0.15, 0.2) is 24.3 Å². The van der Waals surface area contributed by atoms with Crippen LogP contribution in [0.4, 0.5) is 0 Å². The monoisotopic (exact) mass is 331 g/mol. The lowest BCUT2D eigenvalue weighted by molar-refractivity contribution is -0.132. The minimum absolute atomic E-state index is 0.0915. The van der Waals surface area contributed by atoms with E-state index in [9.17, 15) is 9.59 Å². The van der Waals surface area contributed by atoms with E-state index < -0.39 is 0 Å². The van der Waals surface area contributed by atoms with Crippen LogP contribution in [0, 0.1) is 0 Å². The quantitative estimate of drug-likeness (QED) is 0.867. The molecule has 3 rings (SSSR count). The Kier molecular flexibility index (Phi) is 4.91. The number of rotatable bonds is 3. The molecular weight excluding hydrogens is 310 g/mol. The summed E-state index contributed by atoms with van der Waals surface area (Å²) >= 11 is 1.66. The third-order valence-corrected chi connectivity index (χ3v) is 5.28. The molecule has 0 unspecified atom stereocenters. The van der Waals surface area contributed by atoms with Gasteiger partial charge in [0, 0.05) is 45.9 Å². The van der Waals surface area contributed by atoms with Crippen LogP contribution in [0.5, 0.6) is 0 Å². The Morgan fingerprint density at radius 1 is 1.13 bits per heavy atom. The summed E-state index contributed by atoms with van der Waals surface area (Å²) in [5.41, 5.74) is 1.01. The molecule has 0 spiro atoms. The number of hydrogen-bond donors (Lipinski definition) is 0. The number of aryl methyl sites for hydroxylation is 1. The first-order chi connectivity index (χ1) is 11.1. The first kappa shape index (κ1) is 15.9. The number of carbonyl (C=O) groups excluding carboxylic acids is 2. The number of nitrogens with zero attached hydrogens (tertiary/aromatic N) is 3. The van der Waals surface area contributed by atoms with Gasteiger partial charge in [0.15, 0.2) is 0 Å². The second-order valence-corrected chi connectivity index (χ2v) is 6.93. The second kappa shape index (κ2) is 7.08. The summed E-state index contributed by atoms with van der Waals surface area (Å²) in [6, 6.07) is 8.05. The molecule has 0 saturated carbocycles. The molecule has 0 aliphatic carbocycles. The van der Waals surface area contributed by atoms with Gasteiger partial charge in [0.1, 0.15) is 0 Å². The van der Waals surface area contributed by atoms with Crippen LogP contribution in [0.25, 0.3) is 10.2 Å². The van der Waals surface area contributed by atoms with Crippen LogP contribution >= 0.6 is 11.3 Å². The lowest BCUT2D eigenvalue weighted by Crippen LogP contribution is -2.36. The van der Waals surface area contributed by atoms with E-state index in [1.807, 2.05) is 28.0 Å². The maximum atomic E-state index is 12.4. The Labute approximate surface area is 139 Å². The highest BCUT2D eigenvalue weighted by Crippen LogP contribution is 2.22. The molecule has 0 bridgehead atoms. The molecular formula is C17H21N3O2S.